The molecular weight excluding hydrogens is 272 g/mol. The molecule has 22 heavy (non-hydrogen) atoms. The third-order valence-electron chi connectivity index (χ3n) is 3.43. The van der Waals surface area contributed by atoms with E-state index in [1.807, 2.05) is 66.7 Å². The van der Waals surface area contributed by atoms with Gasteiger partial charge in [-0.3, -0.25) is 9.78 Å². The van der Waals surface area contributed by atoms with Crippen LogP contribution < -0.4 is 5.32 Å². The van der Waals surface area contributed by atoms with Gasteiger partial charge in [0, 0.05) is 11.8 Å². The van der Waals surface area contributed by atoms with Crippen molar-refractivity contribution in [2.45, 2.75) is 6.04 Å². The molecule has 0 aliphatic rings. The van der Waals surface area contributed by atoms with Crippen molar-refractivity contribution in [2.24, 2.45) is 0 Å². The van der Waals surface area contributed by atoms with E-state index in [0.29, 0.717) is 5.56 Å². The van der Waals surface area contributed by atoms with Gasteiger partial charge in [0.15, 0.2) is 0 Å². The summed E-state index contributed by atoms with van der Waals surface area (Å²) in [7, 11) is 0. The molecule has 1 amide bonds. The van der Waals surface area contributed by atoms with Gasteiger partial charge in [-0.2, -0.15) is 0 Å². The average molecular weight is 288 g/mol. The number of pyridine rings is 1. The van der Waals surface area contributed by atoms with E-state index < -0.39 is 0 Å². The Labute approximate surface area is 129 Å². The van der Waals surface area contributed by atoms with Crippen LogP contribution in [0.1, 0.15) is 27.7 Å². The van der Waals surface area contributed by atoms with Crippen molar-refractivity contribution in [2.75, 3.05) is 0 Å². The molecule has 0 aliphatic carbocycles. The fourth-order valence-corrected chi connectivity index (χ4v) is 2.32. The first-order valence-electron chi connectivity index (χ1n) is 7.16. The van der Waals surface area contributed by atoms with Gasteiger partial charge in [-0.05, 0) is 29.8 Å². The van der Waals surface area contributed by atoms with E-state index in [9.17, 15) is 4.79 Å². The lowest BCUT2D eigenvalue weighted by Crippen LogP contribution is -2.29. The highest BCUT2D eigenvalue weighted by Gasteiger charge is 2.18. The Morgan fingerprint density at radius 2 is 1.45 bits per heavy atom. The molecule has 0 aliphatic heterocycles. The van der Waals surface area contributed by atoms with E-state index in [4.69, 9.17) is 0 Å². The molecule has 1 heterocycles. The highest BCUT2D eigenvalue weighted by Crippen LogP contribution is 2.20. The molecular formula is C19H16N2O. The van der Waals surface area contributed by atoms with Crippen LogP contribution in [0.15, 0.2) is 85.1 Å². The normalized spacial score (nSPS) is 11.6. The van der Waals surface area contributed by atoms with Crippen LogP contribution in [-0.2, 0) is 0 Å². The first-order valence-corrected chi connectivity index (χ1v) is 7.16. The Hall–Kier alpha value is -2.94. The summed E-state index contributed by atoms with van der Waals surface area (Å²) in [6.45, 7) is 0. The second-order valence-corrected chi connectivity index (χ2v) is 4.94. The van der Waals surface area contributed by atoms with E-state index >= 15 is 0 Å². The smallest absolute Gasteiger partial charge is 0.252 e. The summed E-state index contributed by atoms with van der Waals surface area (Å²) in [6.07, 6.45) is 1.74. The van der Waals surface area contributed by atoms with E-state index in [1.54, 1.807) is 18.3 Å². The van der Waals surface area contributed by atoms with Crippen LogP contribution in [0, 0.1) is 0 Å². The van der Waals surface area contributed by atoms with Crippen molar-refractivity contribution in [3.63, 3.8) is 0 Å². The van der Waals surface area contributed by atoms with Gasteiger partial charge in [0.05, 0.1) is 11.7 Å². The van der Waals surface area contributed by atoms with E-state index in [2.05, 4.69) is 10.3 Å². The minimum atomic E-state index is -0.268. The van der Waals surface area contributed by atoms with Crippen LogP contribution in [0.3, 0.4) is 0 Å². The van der Waals surface area contributed by atoms with Gasteiger partial charge >= 0.3 is 0 Å². The molecule has 3 aromatic rings. The number of hydrogen-bond donors (Lipinski definition) is 1. The number of nitrogens with zero attached hydrogens (tertiary/aromatic N) is 1. The number of nitrogens with one attached hydrogen (secondary N) is 1. The maximum absolute atomic E-state index is 12.5. The number of aromatic nitrogens is 1. The molecule has 2 aromatic carbocycles. The first kappa shape index (κ1) is 14.0. The van der Waals surface area contributed by atoms with E-state index in [0.717, 1.165) is 11.3 Å². The summed E-state index contributed by atoms with van der Waals surface area (Å²) >= 11 is 0. The molecule has 1 atom stereocenters. The van der Waals surface area contributed by atoms with Crippen molar-refractivity contribution in [1.82, 2.24) is 10.3 Å². The van der Waals surface area contributed by atoms with Crippen molar-refractivity contribution in [3.05, 3.63) is 102 Å². The molecule has 0 bridgehead atoms. The topological polar surface area (TPSA) is 42.0 Å². The monoisotopic (exact) mass is 288 g/mol. The molecule has 3 rings (SSSR count). The van der Waals surface area contributed by atoms with Gasteiger partial charge in [-0.1, -0.05) is 54.6 Å². The van der Waals surface area contributed by atoms with Gasteiger partial charge in [0.25, 0.3) is 5.91 Å². The summed E-state index contributed by atoms with van der Waals surface area (Å²) < 4.78 is 0. The van der Waals surface area contributed by atoms with Crippen LogP contribution in [0.5, 0.6) is 0 Å². The van der Waals surface area contributed by atoms with Crippen LogP contribution in [0.2, 0.25) is 0 Å². The third-order valence-corrected chi connectivity index (χ3v) is 3.43. The third kappa shape index (κ3) is 3.20. The summed E-state index contributed by atoms with van der Waals surface area (Å²) in [5.74, 6) is -0.111. The van der Waals surface area contributed by atoms with Crippen molar-refractivity contribution in [1.29, 1.82) is 0 Å². The van der Waals surface area contributed by atoms with Crippen molar-refractivity contribution in [3.8, 4) is 0 Å². The minimum Gasteiger partial charge on any atom is -0.340 e. The van der Waals surface area contributed by atoms with Crippen molar-refractivity contribution >= 4 is 5.91 Å². The summed E-state index contributed by atoms with van der Waals surface area (Å²) in [4.78, 5) is 16.9. The largest absolute Gasteiger partial charge is 0.340 e. The fraction of sp³-hybridized carbons (Fsp3) is 0.0526. The molecule has 1 N–H and O–H groups in total. The zero-order valence-electron chi connectivity index (χ0n) is 12.0. The molecule has 0 fully saturated rings. The maximum Gasteiger partial charge on any atom is 0.252 e. The first-order chi connectivity index (χ1) is 10.8. The van der Waals surface area contributed by atoms with Crippen LogP contribution in [-0.4, -0.2) is 10.9 Å². The highest BCUT2D eigenvalue weighted by atomic mass is 16.1. The summed E-state index contributed by atoms with van der Waals surface area (Å²) in [5, 5.41) is 3.06. The van der Waals surface area contributed by atoms with Gasteiger partial charge in [0.2, 0.25) is 0 Å². The molecule has 0 saturated carbocycles. The number of amides is 1. The zero-order valence-corrected chi connectivity index (χ0v) is 12.0. The highest BCUT2D eigenvalue weighted by molar-refractivity contribution is 5.94. The molecule has 0 radical (unpaired) electrons. The van der Waals surface area contributed by atoms with Crippen LogP contribution >= 0.6 is 0 Å². The number of rotatable bonds is 4. The van der Waals surface area contributed by atoms with Crippen LogP contribution in [0.25, 0.3) is 0 Å². The fourth-order valence-electron chi connectivity index (χ4n) is 2.32. The van der Waals surface area contributed by atoms with Crippen LogP contribution in [0.4, 0.5) is 0 Å². The van der Waals surface area contributed by atoms with Gasteiger partial charge in [0.1, 0.15) is 0 Å². The lowest BCUT2D eigenvalue weighted by molar-refractivity contribution is 0.0942. The SMILES string of the molecule is O=C(NC(c1ccccc1)c1ccccn1)c1ccccc1. The standard InChI is InChI=1S/C19H16N2O/c22-19(16-11-5-2-6-12-16)21-18(15-9-3-1-4-10-15)17-13-7-8-14-20-17/h1-14,18H,(H,21,22). The predicted octanol–water partition coefficient (Wildman–Crippen LogP) is 3.60. The van der Waals surface area contributed by atoms with Gasteiger partial charge in [-0.15, -0.1) is 0 Å². The summed E-state index contributed by atoms with van der Waals surface area (Å²) in [6, 6.07) is 24.5. The quantitative estimate of drug-likeness (QED) is 0.797. The Kier molecular flexibility index (Phi) is 4.25. The number of hydrogen-bond acceptors (Lipinski definition) is 2. The maximum atomic E-state index is 12.5. The van der Waals surface area contributed by atoms with Crippen molar-refractivity contribution < 1.29 is 4.79 Å². The van der Waals surface area contributed by atoms with Gasteiger partial charge < -0.3 is 5.32 Å². The van der Waals surface area contributed by atoms with Gasteiger partial charge in [-0.25, -0.2) is 0 Å². The second kappa shape index (κ2) is 6.68. The molecule has 0 saturated heterocycles. The molecule has 1 aromatic heterocycles. The summed E-state index contributed by atoms with van der Waals surface area (Å²) in [5.41, 5.74) is 2.46. The molecule has 108 valence electrons. The second-order valence-electron chi connectivity index (χ2n) is 4.94. The number of carbonyl (C=O) groups is 1. The Balaban J connectivity index is 1.91. The Morgan fingerprint density at radius 3 is 2.09 bits per heavy atom. The minimum absolute atomic E-state index is 0.111. The molecule has 3 nitrogen and oxygen atoms in total. The molecule has 3 heteroatoms. The zero-order chi connectivity index (χ0) is 15.2. The Morgan fingerprint density at radius 1 is 0.818 bits per heavy atom. The number of carbonyl (C=O) groups excluding carboxylic acids is 1. The molecule has 0 spiro atoms. The number of benzene rings is 2. The molecule has 1 unspecified atom stereocenters. The van der Waals surface area contributed by atoms with E-state index in [-0.39, 0.29) is 11.9 Å². The lowest BCUT2D eigenvalue weighted by Gasteiger charge is -2.19. The Bertz CT molecular complexity index is 688. The van der Waals surface area contributed by atoms with E-state index in [1.165, 1.54) is 0 Å². The lowest BCUT2D eigenvalue weighted by atomic mass is 10.0. The predicted molar refractivity (Wildman–Crippen MR) is 86.4 cm³/mol. The average Bonchev–Trinajstić information content (AvgIpc) is 2.62.